The van der Waals surface area contributed by atoms with E-state index in [9.17, 15) is 0 Å². The minimum Gasteiger partial charge on any atom is -0.423 e. The van der Waals surface area contributed by atoms with Crippen LogP contribution in [0.2, 0.25) is 0 Å². The Morgan fingerprint density at radius 3 is 2.20 bits per heavy atom. The quantitative estimate of drug-likeness (QED) is 0.547. The number of rotatable bonds is 3. The van der Waals surface area contributed by atoms with Crippen LogP contribution in [0.1, 0.15) is 13.8 Å². The van der Waals surface area contributed by atoms with Gasteiger partial charge in [-0.25, -0.2) is 0 Å². The third-order valence-electron chi connectivity index (χ3n) is 1.45. The number of allylic oxidation sites excluding steroid dienone is 1. The Kier molecular flexibility index (Phi) is 4.35. The Hall–Kier alpha value is -0.315. The van der Waals surface area contributed by atoms with Crippen LogP contribution in [0.4, 0.5) is 0 Å². The van der Waals surface area contributed by atoms with Crippen molar-refractivity contribution in [2.75, 3.05) is 7.11 Å². The lowest BCUT2D eigenvalue weighted by Gasteiger charge is -2.12. The molecule has 0 spiro atoms. The van der Waals surface area contributed by atoms with Gasteiger partial charge >= 0.3 is 7.12 Å². The number of hydrogen-bond acceptors (Lipinski definition) is 3. The van der Waals surface area contributed by atoms with Gasteiger partial charge in [-0.15, -0.1) is 0 Å². The van der Waals surface area contributed by atoms with Gasteiger partial charge in [0.25, 0.3) is 0 Å². The van der Waals surface area contributed by atoms with Gasteiger partial charge in [0.05, 0.1) is 6.10 Å². The summed E-state index contributed by atoms with van der Waals surface area (Å²) in [6.45, 7) is 3.50. The Bertz CT molecular complexity index is 122. The van der Waals surface area contributed by atoms with Crippen LogP contribution in [0.25, 0.3) is 0 Å². The zero-order chi connectivity index (χ0) is 8.15. The highest BCUT2D eigenvalue weighted by molar-refractivity contribution is 6.51. The smallest absolute Gasteiger partial charge is 0.423 e. The summed E-state index contributed by atoms with van der Waals surface area (Å²) in [5.41, 5.74) is 0.488. The fourth-order valence-corrected chi connectivity index (χ4v) is 0.730. The van der Waals surface area contributed by atoms with Gasteiger partial charge in [0.1, 0.15) is 0 Å². The molecule has 1 unspecified atom stereocenters. The first-order valence-electron chi connectivity index (χ1n) is 3.18. The molecule has 3 nitrogen and oxygen atoms in total. The van der Waals surface area contributed by atoms with E-state index in [2.05, 4.69) is 0 Å². The van der Waals surface area contributed by atoms with E-state index in [0.717, 1.165) is 0 Å². The van der Waals surface area contributed by atoms with Crippen LogP contribution in [-0.4, -0.2) is 30.4 Å². The minimum absolute atomic E-state index is 0.231. The molecule has 58 valence electrons. The van der Waals surface area contributed by atoms with Gasteiger partial charge in [0.2, 0.25) is 0 Å². The highest BCUT2D eigenvalue weighted by atomic mass is 16.5. The summed E-state index contributed by atoms with van der Waals surface area (Å²) < 4.78 is 4.88. The van der Waals surface area contributed by atoms with E-state index in [-0.39, 0.29) is 6.10 Å². The molecule has 0 saturated heterocycles. The van der Waals surface area contributed by atoms with Crippen molar-refractivity contribution in [3.05, 3.63) is 11.5 Å². The topological polar surface area (TPSA) is 49.7 Å². The first-order valence-corrected chi connectivity index (χ1v) is 3.18. The summed E-state index contributed by atoms with van der Waals surface area (Å²) in [6, 6.07) is 0. The van der Waals surface area contributed by atoms with E-state index in [4.69, 9.17) is 14.8 Å². The second kappa shape index (κ2) is 4.49. The molecule has 0 aromatic rings. The largest absolute Gasteiger partial charge is 0.486 e. The molecule has 0 saturated carbocycles. The molecule has 1 atom stereocenters. The lowest BCUT2D eigenvalue weighted by atomic mass is 9.76. The molecule has 0 rings (SSSR count). The van der Waals surface area contributed by atoms with Crippen LogP contribution in [0, 0.1) is 0 Å². The third-order valence-corrected chi connectivity index (χ3v) is 1.45. The van der Waals surface area contributed by atoms with Crippen molar-refractivity contribution in [1.29, 1.82) is 0 Å². The van der Waals surface area contributed by atoms with Crippen LogP contribution >= 0.6 is 0 Å². The maximum Gasteiger partial charge on any atom is 0.486 e. The van der Waals surface area contributed by atoms with Crippen LogP contribution in [0.15, 0.2) is 11.5 Å². The van der Waals surface area contributed by atoms with E-state index in [0.29, 0.717) is 5.47 Å². The number of ether oxygens (including phenoxy) is 1. The first-order chi connectivity index (χ1) is 4.63. The van der Waals surface area contributed by atoms with Gasteiger partial charge < -0.3 is 14.8 Å². The zero-order valence-corrected chi connectivity index (χ0v) is 6.53. The van der Waals surface area contributed by atoms with Gasteiger partial charge in [0.15, 0.2) is 0 Å². The van der Waals surface area contributed by atoms with Gasteiger partial charge in [-0.2, -0.15) is 0 Å². The van der Waals surface area contributed by atoms with Gasteiger partial charge in [-0.3, -0.25) is 0 Å². The van der Waals surface area contributed by atoms with E-state index >= 15 is 0 Å². The molecule has 0 aromatic heterocycles. The molecule has 0 amide bonds. The summed E-state index contributed by atoms with van der Waals surface area (Å²) in [5.74, 6) is 0. The second-order valence-electron chi connectivity index (χ2n) is 2.04. The van der Waals surface area contributed by atoms with Gasteiger partial charge in [0, 0.05) is 7.11 Å². The van der Waals surface area contributed by atoms with Crippen molar-refractivity contribution in [3.8, 4) is 0 Å². The molecule has 0 aromatic carbocycles. The van der Waals surface area contributed by atoms with Crippen molar-refractivity contribution < 1.29 is 14.8 Å². The molecule has 0 aliphatic heterocycles. The SMILES string of the molecule is CC=C(B(O)O)C(C)OC. The summed E-state index contributed by atoms with van der Waals surface area (Å²) in [6.07, 6.45) is 1.41. The molecule has 0 aliphatic carbocycles. The van der Waals surface area contributed by atoms with Crippen LogP contribution in [0.5, 0.6) is 0 Å². The summed E-state index contributed by atoms with van der Waals surface area (Å²) >= 11 is 0. The fraction of sp³-hybridized carbons (Fsp3) is 0.667. The standard InChI is InChI=1S/C6H13BO3/c1-4-6(7(8)9)5(2)10-3/h4-5,8-9H,1-3H3. The van der Waals surface area contributed by atoms with Crippen LogP contribution in [-0.2, 0) is 4.74 Å². The molecule has 2 N–H and O–H groups in total. The molecular formula is C6H13BO3. The van der Waals surface area contributed by atoms with Crippen molar-refractivity contribution in [1.82, 2.24) is 0 Å². The molecular weight excluding hydrogens is 131 g/mol. The Morgan fingerprint density at radius 2 is 2.10 bits per heavy atom. The highest BCUT2D eigenvalue weighted by Crippen LogP contribution is 2.05. The highest BCUT2D eigenvalue weighted by Gasteiger charge is 2.19. The van der Waals surface area contributed by atoms with Crippen molar-refractivity contribution in [3.63, 3.8) is 0 Å². The molecule has 0 aliphatic rings. The van der Waals surface area contributed by atoms with Crippen LogP contribution < -0.4 is 0 Å². The van der Waals surface area contributed by atoms with E-state index in [1.54, 1.807) is 19.9 Å². The Labute approximate surface area is 61.5 Å². The second-order valence-corrected chi connectivity index (χ2v) is 2.04. The number of hydrogen-bond donors (Lipinski definition) is 2. The molecule has 0 radical (unpaired) electrons. The summed E-state index contributed by atoms with van der Waals surface area (Å²) in [4.78, 5) is 0. The molecule has 0 fully saturated rings. The van der Waals surface area contributed by atoms with Crippen molar-refractivity contribution in [2.45, 2.75) is 20.0 Å². The van der Waals surface area contributed by atoms with E-state index in [1.807, 2.05) is 0 Å². The third kappa shape index (κ3) is 2.52. The lowest BCUT2D eigenvalue weighted by Crippen LogP contribution is -2.25. The molecule has 4 heteroatoms. The van der Waals surface area contributed by atoms with E-state index < -0.39 is 7.12 Å². The first kappa shape index (κ1) is 9.68. The van der Waals surface area contributed by atoms with Gasteiger partial charge in [-0.05, 0) is 19.3 Å². The zero-order valence-electron chi connectivity index (χ0n) is 6.53. The normalized spacial score (nSPS) is 15.1. The monoisotopic (exact) mass is 144 g/mol. The van der Waals surface area contributed by atoms with E-state index in [1.165, 1.54) is 7.11 Å². The van der Waals surface area contributed by atoms with Crippen molar-refractivity contribution >= 4 is 7.12 Å². The molecule has 10 heavy (non-hydrogen) atoms. The minimum atomic E-state index is -1.40. The average molecular weight is 144 g/mol. The Balaban J connectivity index is 4.08. The predicted molar refractivity (Wildman–Crippen MR) is 40.4 cm³/mol. The Morgan fingerprint density at radius 1 is 1.60 bits per heavy atom. The maximum atomic E-state index is 8.72. The van der Waals surface area contributed by atoms with Gasteiger partial charge in [-0.1, -0.05) is 6.08 Å². The summed E-state index contributed by atoms with van der Waals surface area (Å²) in [5, 5.41) is 17.4. The average Bonchev–Trinajstić information content (AvgIpc) is 1.88. The van der Waals surface area contributed by atoms with Crippen molar-refractivity contribution in [2.24, 2.45) is 0 Å². The molecule has 0 heterocycles. The fourth-order valence-electron chi connectivity index (χ4n) is 0.730. The maximum absolute atomic E-state index is 8.72. The molecule has 0 bridgehead atoms. The summed E-state index contributed by atoms with van der Waals surface area (Å²) in [7, 11) is 0.122. The van der Waals surface area contributed by atoms with Crippen LogP contribution in [0.3, 0.4) is 0 Å². The lowest BCUT2D eigenvalue weighted by molar-refractivity contribution is 0.148. The number of methoxy groups -OCH3 is 1. The predicted octanol–water partition coefficient (Wildman–Crippen LogP) is -0.0204.